The van der Waals surface area contributed by atoms with E-state index in [1.165, 1.54) is 20.0 Å². The van der Waals surface area contributed by atoms with Crippen molar-refractivity contribution >= 4 is 33.1 Å². The van der Waals surface area contributed by atoms with Crippen LogP contribution >= 0.6 is 0 Å². The Hall–Kier alpha value is -1.82. The van der Waals surface area contributed by atoms with Crippen molar-refractivity contribution in [2.24, 2.45) is 0 Å². The van der Waals surface area contributed by atoms with Crippen molar-refractivity contribution in [2.45, 2.75) is 34.6 Å². The molecule has 0 fully saturated rings. The van der Waals surface area contributed by atoms with Crippen LogP contribution in [0.1, 0.15) is 36.8 Å². The van der Waals surface area contributed by atoms with Crippen molar-refractivity contribution in [3.05, 3.63) is 71.8 Å². The molecule has 0 aromatic heterocycles. The van der Waals surface area contributed by atoms with E-state index >= 15 is 0 Å². The topological polar surface area (TPSA) is 74.6 Å². The van der Waals surface area contributed by atoms with Crippen LogP contribution in [0.4, 0.5) is 0 Å². The van der Waals surface area contributed by atoms with E-state index in [0.717, 1.165) is 0 Å². The quantitative estimate of drug-likeness (QED) is 0.453. The van der Waals surface area contributed by atoms with Crippen molar-refractivity contribution in [1.29, 1.82) is 0 Å². The number of unbranched alkanes of at least 4 members (excludes halogenated alkanes) is 1. The van der Waals surface area contributed by atoms with Gasteiger partial charge >= 0.3 is 114 Å². The van der Waals surface area contributed by atoms with E-state index in [9.17, 15) is 9.59 Å². The number of aliphatic carboxylic acids is 2. The van der Waals surface area contributed by atoms with Crippen molar-refractivity contribution in [2.75, 3.05) is 0 Å². The molecule has 0 amide bonds. The van der Waals surface area contributed by atoms with Gasteiger partial charge < -0.3 is 10.2 Å². The molecule has 2 rings (SSSR count). The Morgan fingerprint density at radius 3 is 1.36 bits per heavy atom. The fourth-order valence-electron chi connectivity index (χ4n) is 2.10. The number of rotatable bonds is 9. The summed E-state index contributed by atoms with van der Waals surface area (Å²) in [5, 5.41) is 16.3. The van der Waals surface area contributed by atoms with Gasteiger partial charge in [-0.15, -0.1) is 0 Å². The molecule has 2 aromatic rings. The molecule has 5 heteroatoms. The standard InChI is InChI=1S/2C7H7.C6H10O4.Sn/c2*1-7-5-3-2-4-6-7;7-5(8)3-1-2-4-6(9)10;/h2*2-6H,1H2;1-4H2,(H,7,8)(H,9,10);. The predicted octanol–water partition coefficient (Wildman–Crippen LogP) is 3.81. The van der Waals surface area contributed by atoms with Crippen LogP contribution in [-0.4, -0.2) is 43.3 Å². The Morgan fingerprint density at radius 1 is 0.680 bits per heavy atom. The summed E-state index contributed by atoms with van der Waals surface area (Å²) in [4.78, 5) is 19.8. The molecule has 4 nitrogen and oxygen atoms in total. The molecular formula is C20H24O4Sn. The summed E-state index contributed by atoms with van der Waals surface area (Å²) in [5.74, 6) is -1.74. The van der Waals surface area contributed by atoms with Gasteiger partial charge in [0.05, 0.1) is 0 Å². The summed E-state index contributed by atoms with van der Waals surface area (Å²) in [6.07, 6.45) is 1.02. The number of hydrogen-bond donors (Lipinski definition) is 2. The fraction of sp³-hybridized carbons (Fsp3) is 0.300. The first-order valence-corrected chi connectivity index (χ1v) is 12.3. The van der Waals surface area contributed by atoms with Gasteiger partial charge in [0, 0.05) is 12.8 Å². The summed E-state index contributed by atoms with van der Waals surface area (Å²) < 4.78 is 2.69. The molecule has 25 heavy (non-hydrogen) atoms. The van der Waals surface area contributed by atoms with E-state index in [1.807, 2.05) is 0 Å². The Kier molecular flexibility index (Phi) is 11.4. The molecule has 0 aliphatic heterocycles. The van der Waals surface area contributed by atoms with E-state index in [-0.39, 0.29) is 34.0 Å². The molecule has 2 aromatic carbocycles. The van der Waals surface area contributed by atoms with Crippen LogP contribution < -0.4 is 0 Å². The van der Waals surface area contributed by atoms with Gasteiger partial charge in [-0.05, 0) is 12.8 Å². The number of carboxylic acid groups (broad SMARTS) is 2. The van der Waals surface area contributed by atoms with E-state index < -0.39 is 11.9 Å². The third-order valence-electron chi connectivity index (χ3n) is 3.38. The molecule has 0 bridgehead atoms. The zero-order chi connectivity index (χ0) is 18.3. The van der Waals surface area contributed by atoms with E-state index in [2.05, 4.69) is 60.7 Å². The van der Waals surface area contributed by atoms with Gasteiger partial charge in [-0.25, -0.2) is 0 Å². The normalized spacial score (nSPS) is 9.76. The molecule has 2 N–H and O–H groups in total. The number of carboxylic acids is 2. The van der Waals surface area contributed by atoms with Crippen LogP contribution in [0.5, 0.6) is 0 Å². The van der Waals surface area contributed by atoms with Crippen LogP contribution in [-0.2, 0) is 18.5 Å². The van der Waals surface area contributed by atoms with E-state index in [4.69, 9.17) is 10.2 Å². The third-order valence-corrected chi connectivity index (χ3v) is 7.13. The number of hydrogen-bond acceptors (Lipinski definition) is 2. The molecule has 0 aliphatic rings. The second-order valence-corrected chi connectivity index (χ2v) is 9.01. The van der Waals surface area contributed by atoms with Crippen molar-refractivity contribution in [3.63, 3.8) is 0 Å². The molecule has 2 radical (unpaired) electrons. The predicted molar refractivity (Wildman–Crippen MR) is 99.8 cm³/mol. The second-order valence-electron chi connectivity index (χ2n) is 5.57. The molecular weight excluding hydrogens is 423 g/mol. The van der Waals surface area contributed by atoms with Crippen LogP contribution in [0.3, 0.4) is 0 Å². The Balaban J connectivity index is 0.000000275. The second kappa shape index (κ2) is 13.5. The SMILES string of the molecule is O=C(O)CCCCC(=O)O.c1ccc([CH2][Sn][CH2]c2ccccc2)cc1. The maximum atomic E-state index is 9.90. The molecule has 132 valence electrons. The third kappa shape index (κ3) is 12.2. The number of benzene rings is 2. The summed E-state index contributed by atoms with van der Waals surface area (Å²) in [6.45, 7) is 0. The molecule has 0 heterocycles. The van der Waals surface area contributed by atoms with Crippen LogP contribution in [0.15, 0.2) is 60.7 Å². The van der Waals surface area contributed by atoms with Gasteiger partial charge in [-0.3, -0.25) is 9.59 Å². The molecule has 0 saturated heterocycles. The summed E-state index contributed by atoms with van der Waals surface area (Å²) in [7, 11) is 0. The van der Waals surface area contributed by atoms with E-state index in [0.29, 0.717) is 12.8 Å². The van der Waals surface area contributed by atoms with Crippen LogP contribution in [0, 0.1) is 0 Å². The fourth-order valence-corrected chi connectivity index (χ4v) is 5.45. The minimum absolute atomic E-state index is 0.0628. The zero-order valence-electron chi connectivity index (χ0n) is 14.2. The Labute approximate surface area is 159 Å². The zero-order valence-corrected chi connectivity index (χ0v) is 17.1. The maximum absolute atomic E-state index is 9.90. The molecule has 0 saturated carbocycles. The van der Waals surface area contributed by atoms with Gasteiger partial charge in [-0.2, -0.15) is 0 Å². The van der Waals surface area contributed by atoms with Crippen LogP contribution in [0.2, 0.25) is 0 Å². The Bertz CT molecular complexity index is 559. The first-order chi connectivity index (χ1) is 12.1. The van der Waals surface area contributed by atoms with Crippen molar-refractivity contribution in [3.8, 4) is 0 Å². The van der Waals surface area contributed by atoms with Gasteiger partial charge in [0.2, 0.25) is 0 Å². The molecule has 0 atom stereocenters. The van der Waals surface area contributed by atoms with Gasteiger partial charge in [0.15, 0.2) is 0 Å². The van der Waals surface area contributed by atoms with Crippen molar-refractivity contribution in [1.82, 2.24) is 0 Å². The van der Waals surface area contributed by atoms with Gasteiger partial charge in [-0.1, -0.05) is 0 Å². The van der Waals surface area contributed by atoms with Crippen LogP contribution in [0.25, 0.3) is 0 Å². The molecule has 0 spiro atoms. The minimum atomic E-state index is -0.870. The van der Waals surface area contributed by atoms with Gasteiger partial charge in [0.1, 0.15) is 0 Å². The summed E-state index contributed by atoms with van der Waals surface area (Å²) in [5.41, 5.74) is 3.03. The summed E-state index contributed by atoms with van der Waals surface area (Å²) >= 11 is -0.258. The first-order valence-electron chi connectivity index (χ1n) is 8.30. The first kappa shape index (κ1) is 21.2. The average Bonchev–Trinajstić information content (AvgIpc) is 2.61. The Morgan fingerprint density at radius 2 is 1.04 bits per heavy atom. The summed E-state index contributed by atoms with van der Waals surface area (Å²) in [6, 6.07) is 21.7. The molecule has 0 unspecified atom stereocenters. The molecule has 0 aliphatic carbocycles. The van der Waals surface area contributed by atoms with Gasteiger partial charge in [0.25, 0.3) is 0 Å². The van der Waals surface area contributed by atoms with Crippen molar-refractivity contribution < 1.29 is 19.8 Å². The monoisotopic (exact) mass is 448 g/mol. The van der Waals surface area contributed by atoms with E-state index in [1.54, 1.807) is 0 Å². The number of carbonyl (C=O) groups is 2. The average molecular weight is 447 g/mol.